The molecule has 0 saturated heterocycles. The maximum Gasteiger partial charge on any atom is 0.416 e. The fourth-order valence-corrected chi connectivity index (χ4v) is 3.70. The van der Waals surface area contributed by atoms with Gasteiger partial charge in [0, 0.05) is 0 Å². The molecule has 31 heavy (non-hydrogen) atoms. The van der Waals surface area contributed by atoms with Crippen molar-refractivity contribution in [2.45, 2.75) is 24.2 Å². The highest BCUT2D eigenvalue weighted by molar-refractivity contribution is 7.89. The molecule has 2 aromatic carbocycles. The predicted molar refractivity (Wildman–Crippen MR) is 97.4 cm³/mol. The summed E-state index contributed by atoms with van der Waals surface area (Å²) in [5, 5.41) is 0. The summed E-state index contributed by atoms with van der Waals surface area (Å²) in [6, 6.07) is 8.95. The molecule has 1 aromatic heterocycles. The van der Waals surface area contributed by atoms with Crippen molar-refractivity contribution in [2.75, 3.05) is 6.54 Å². The normalized spacial score (nSPS) is 12.5. The number of ether oxygens (including phenoxy) is 1. The molecule has 0 aliphatic carbocycles. The Morgan fingerprint density at radius 2 is 1.84 bits per heavy atom. The van der Waals surface area contributed by atoms with Gasteiger partial charge >= 0.3 is 18.7 Å². The van der Waals surface area contributed by atoms with Gasteiger partial charge in [-0.1, -0.05) is 18.2 Å². The molecule has 0 bridgehead atoms. The van der Waals surface area contributed by atoms with Gasteiger partial charge in [-0.05, 0) is 30.3 Å². The Morgan fingerprint density at radius 3 is 2.52 bits per heavy atom. The lowest BCUT2D eigenvalue weighted by Gasteiger charge is -2.11. The van der Waals surface area contributed by atoms with E-state index in [1.807, 2.05) is 4.72 Å². The van der Waals surface area contributed by atoms with Gasteiger partial charge in [-0.2, -0.15) is 26.7 Å². The molecule has 0 spiro atoms. The van der Waals surface area contributed by atoms with Crippen molar-refractivity contribution in [1.82, 2.24) is 14.3 Å². The molecular formula is C18H14F5N3O4S. The molecule has 166 valence electrons. The number of hydrogen-bond acceptors (Lipinski definition) is 5. The molecule has 0 saturated carbocycles. The Morgan fingerprint density at radius 1 is 1.13 bits per heavy atom. The number of fused-ring (bicyclic) bond motifs is 1. The largest absolute Gasteiger partial charge is 0.457 e. The highest BCUT2D eigenvalue weighted by Gasteiger charge is 2.31. The van der Waals surface area contributed by atoms with Crippen molar-refractivity contribution in [2.24, 2.45) is 0 Å². The van der Waals surface area contributed by atoms with E-state index in [2.05, 4.69) is 4.98 Å². The summed E-state index contributed by atoms with van der Waals surface area (Å²) in [6.07, 6.45) is -4.75. The first-order valence-corrected chi connectivity index (χ1v) is 10.0. The van der Waals surface area contributed by atoms with Gasteiger partial charge in [0.1, 0.15) is 13.2 Å². The molecule has 1 N–H and O–H groups in total. The average Bonchev–Trinajstić information content (AvgIpc) is 3.09. The number of aromatic nitrogens is 2. The van der Waals surface area contributed by atoms with Gasteiger partial charge in [-0.25, -0.2) is 13.4 Å². The summed E-state index contributed by atoms with van der Waals surface area (Å²) in [4.78, 5) is 15.1. The number of carbonyl (C=O) groups is 1. The Balaban J connectivity index is 1.66. The van der Waals surface area contributed by atoms with E-state index in [1.165, 1.54) is 18.2 Å². The highest BCUT2D eigenvalue weighted by atomic mass is 32.2. The highest BCUT2D eigenvalue weighted by Crippen LogP contribution is 2.30. The van der Waals surface area contributed by atoms with Crippen molar-refractivity contribution in [3.05, 3.63) is 59.9 Å². The van der Waals surface area contributed by atoms with E-state index in [4.69, 9.17) is 4.74 Å². The smallest absolute Gasteiger partial charge is 0.416 e. The van der Waals surface area contributed by atoms with Crippen LogP contribution in [0.2, 0.25) is 0 Å². The number of alkyl halides is 5. The zero-order chi connectivity index (χ0) is 22.8. The zero-order valence-electron chi connectivity index (χ0n) is 15.4. The molecule has 0 aliphatic heterocycles. The maximum absolute atomic E-state index is 13.3. The molecule has 1 heterocycles. The van der Waals surface area contributed by atoms with E-state index in [0.717, 1.165) is 12.1 Å². The minimum Gasteiger partial charge on any atom is -0.457 e. The van der Waals surface area contributed by atoms with Gasteiger partial charge in [-0.15, -0.1) is 0 Å². The number of imidazole rings is 1. The average molecular weight is 463 g/mol. The van der Waals surface area contributed by atoms with Crippen LogP contribution in [0, 0.1) is 0 Å². The molecule has 0 unspecified atom stereocenters. The van der Waals surface area contributed by atoms with Crippen LogP contribution < -0.4 is 4.72 Å². The fourth-order valence-electron chi connectivity index (χ4n) is 2.69. The SMILES string of the molecule is O=C(CNS(=O)(=O)c1cccc(C(F)(F)F)c1)OCc1nc2ccccc2n1C(F)F. The maximum atomic E-state index is 13.3. The van der Waals surface area contributed by atoms with Crippen LogP contribution in [0.3, 0.4) is 0 Å². The number of para-hydroxylation sites is 2. The number of nitrogens with zero attached hydrogens (tertiary/aromatic N) is 2. The topological polar surface area (TPSA) is 90.3 Å². The number of nitrogens with one attached hydrogen (secondary N) is 1. The Kier molecular flexibility index (Phi) is 6.27. The van der Waals surface area contributed by atoms with E-state index >= 15 is 0 Å². The van der Waals surface area contributed by atoms with Crippen LogP contribution in [0.4, 0.5) is 22.0 Å². The van der Waals surface area contributed by atoms with E-state index in [-0.39, 0.29) is 16.9 Å². The van der Waals surface area contributed by atoms with Crippen molar-refractivity contribution >= 4 is 27.0 Å². The van der Waals surface area contributed by atoms with Gasteiger partial charge in [0.05, 0.1) is 21.5 Å². The lowest BCUT2D eigenvalue weighted by molar-refractivity contribution is -0.144. The molecule has 0 atom stereocenters. The molecule has 0 fully saturated rings. The summed E-state index contributed by atoms with van der Waals surface area (Å²) in [5.41, 5.74) is -0.809. The zero-order valence-corrected chi connectivity index (χ0v) is 16.3. The summed E-state index contributed by atoms with van der Waals surface area (Å²) >= 11 is 0. The number of hydrogen-bond donors (Lipinski definition) is 1. The second-order valence-corrected chi connectivity index (χ2v) is 7.94. The van der Waals surface area contributed by atoms with Gasteiger partial charge in [0.2, 0.25) is 10.0 Å². The standard InChI is InChI=1S/C18H14F5N3O4S/c19-17(20)26-14-7-2-1-6-13(14)25-15(26)10-30-16(27)9-24-31(28,29)12-5-3-4-11(8-12)18(21,22)23/h1-8,17,24H,9-10H2. The number of benzene rings is 2. The van der Waals surface area contributed by atoms with Gasteiger partial charge in [-0.3, -0.25) is 9.36 Å². The van der Waals surface area contributed by atoms with Crippen LogP contribution in [0.5, 0.6) is 0 Å². The van der Waals surface area contributed by atoms with Crippen molar-refractivity contribution in [3.8, 4) is 0 Å². The van der Waals surface area contributed by atoms with Gasteiger partial charge in [0.25, 0.3) is 0 Å². The monoisotopic (exact) mass is 463 g/mol. The van der Waals surface area contributed by atoms with E-state index in [1.54, 1.807) is 6.07 Å². The molecular weight excluding hydrogens is 449 g/mol. The van der Waals surface area contributed by atoms with Crippen molar-refractivity contribution in [3.63, 3.8) is 0 Å². The molecule has 0 aliphatic rings. The van der Waals surface area contributed by atoms with Crippen LogP contribution >= 0.6 is 0 Å². The molecule has 0 radical (unpaired) electrons. The minimum atomic E-state index is -4.75. The van der Waals surface area contributed by atoms with Crippen LogP contribution in [-0.2, 0) is 32.3 Å². The third-order valence-electron chi connectivity index (χ3n) is 4.10. The van der Waals surface area contributed by atoms with E-state index < -0.39 is 52.3 Å². The van der Waals surface area contributed by atoms with E-state index in [0.29, 0.717) is 16.7 Å². The van der Waals surface area contributed by atoms with Crippen molar-refractivity contribution < 1.29 is 39.9 Å². The number of carbonyl (C=O) groups excluding carboxylic acids is 1. The number of sulfonamides is 1. The first kappa shape index (κ1) is 22.6. The number of halogens is 5. The van der Waals surface area contributed by atoms with Crippen LogP contribution in [-0.4, -0.2) is 30.5 Å². The lowest BCUT2D eigenvalue weighted by Crippen LogP contribution is -2.31. The van der Waals surface area contributed by atoms with Crippen LogP contribution in [0.1, 0.15) is 17.9 Å². The molecule has 0 amide bonds. The minimum absolute atomic E-state index is 0.119. The van der Waals surface area contributed by atoms with E-state index in [9.17, 15) is 35.2 Å². The number of esters is 1. The number of rotatable bonds is 7. The van der Waals surface area contributed by atoms with Gasteiger partial charge < -0.3 is 4.74 Å². The summed E-state index contributed by atoms with van der Waals surface area (Å²) in [7, 11) is -4.45. The van der Waals surface area contributed by atoms with Crippen molar-refractivity contribution in [1.29, 1.82) is 0 Å². The molecule has 3 rings (SSSR count). The first-order chi connectivity index (χ1) is 14.5. The Hall–Kier alpha value is -3.06. The molecule has 13 heteroatoms. The third-order valence-corrected chi connectivity index (χ3v) is 5.50. The predicted octanol–water partition coefficient (Wildman–Crippen LogP) is 3.47. The Bertz CT molecular complexity index is 1210. The van der Waals surface area contributed by atoms with Crippen LogP contribution in [0.25, 0.3) is 11.0 Å². The second kappa shape index (κ2) is 8.59. The molecule has 7 nitrogen and oxygen atoms in total. The lowest BCUT2D eigenvalue weighted by atomic mass is 10.2. The van der Waals surface area contributed by atoms with Crippen LogP contribution in [0.15, 0.2) is 53.4 Å². The van der Waals surface area contributed by atoms with Gasteiger partial charge in [0.15, 0.2) is 5.82 Å². The summed E-state index contributed by atoms with van der Waals surface area (Å²) < 4.78 is 96.4. The fraction of sp³-hybridized carbons (Fsp3) is 0.222. The summed E-state index contributed by atoms with van der Waals surface area (Å²) in [6.45, 7) is -4.54. The molecule has 3 aromatic rings. The quantitative estimate of drug-likeness (QED) is 0.428. The first-order valence-electron chi connectivity index (χ1n) is 8.55. The summed E-state index contributed by atoms with van der Waals surface area (Å²) in [5.74, 6) is -1.39. The Labute approximate surface area is 172 Å². The second-order valence-electron chi connectivity index (χ2n) is 6.18. The third kappa shape index (κ3) is 5.17.